The van der Waals surface area contributed by atoms with E-state index >= 15 is 0 Å². The second-order valence-electron chi connectivity index (χ2n) is 7.59. The molecule has 4 rings (SSSR count). The van der Waals surface area contributed by atoms with Crippen LogP contribution in [0.15, 0.2) is 40.9 Å². The van der Waals surface area contributed by atoms with E-state index in [2.05, 4.69) is 26.6 Å². The Morgan fingerprint density at radius 3 is 2.41 bits per heavy atom. The smallest absolute Gasteiger partial charge is 0.308 e. The van der Waals surface area contributed by atoms with E-state index in [1.807, 2.05) is 25.1 Å². The molecular formula is C22H22BrN3O3. The van der Waals surface area contributed by atoms with Gasteiger partial charge in [-0.05, 0) is 71.6 Å². The van der Waals surface area contributed by atoms with Gasteiger partial charge in [-0.15, -0.1) is 0 Å². The first-order chi connectivity index (χ1) is 13.9. The topological polar surface area (TPSA) is 78.5 Å². The minimum absolute atomic E-state index is 0.0188. The Morgan fingerprint density at radius 1 is 0.966 bits per heavy atom. The average Bonchev–Trinajstić information content (AvgIpc) is 2.95. The lowest BCUT2D eigenvalue weighted by Gasteiger charge is -2.29. The maximum atomic E-state index is 12.9. The van der Waals surface area contributed by atoms with Gasteiger partial charge in [0.1, 0.15) is 0 Å². The lowest BCUT2D eigenvalue weighted by Crippen LogP contribution is -2.40. The van der Waals surface area contributed by atoms with Crippen molar-refractivity contribution in [3.05, 3.63) is 57.6 Å². The van der Waals surface area contributed by atoms with Crippen molar-refractivity contribution in [1.82, 2.24) is 4.90 Å². The summed E-state index contributed by atoms with van der Waals surface area (Å²) in [5.41, 5.74) is 2.95. The molecule has 2 aliphatic rings. The number of imide groups is 1. The predicted octanol–water partition coefficient (Wildman–Crippen LogP) is 5.33. The number of carbonyl (C=O) groups is 3. The number of halogens is 1. The highest BCUT2D eigenvalue weighted by atomic mass is 79.9. The molecule has 0 radical (unpaired) electrons. The van der Waals surface area contributed by atoms with Crippen molar-refractivity contribution in [2.24, 2.45) is 0 Å². The van der Waals surface area contributed by atoms with Gasteiger partial charge in [-0.2, -0.15) is 0 Å². The molecule has 1 heterocycles. The highest BCUT2D eigenvalue weighted by Gasteiger charge is 2.40. The zero-order valence-electron chi connectivity index (χ0n) is 16.1. The van der Waals surface area contributed by atoms with E-state index < -0.39 is 6.03 Å². The van der Waals surface area contributed by atoms with Gasteiger partial charge in [-0.25, -0.2) is 4.79 Å². The SMILES string of the molecule is Cc1ccc(NC(=O)Nc2ccc3c(c2)C(=O)N(C2CCCCC2)C3=O)c(Br)c1. The molecule has 1 saturated carbocycles. The van der Waals surface area contributed by atoms with Gasteiger partial charge < -0.3 is 10.6 Å². The van der Waals surface area contributed by atoms with E-state index in [4.69, 9.17) is 0 Å². The molecule has 1 aliphatic heterocycles. The third kappa shape index (κ3) is 3.92. The highest BCUT2D eigenvalue weighted by Crippen LogP contribution is 2.32. The molecule has 0 spiro atoms. The lowest BCUT2D eigenvalue weighted by molar-refractivity contribution is 0.0549. The van der Waals surface area contributed by atoms with Crippen LogP contribution in [0.5, 0.6) is 0 Å². The fraction of sp³-hybridized carbons (Fsp3) is 0.318. The molecule has 0 aromatic heterocycles. The zero-order valence-corrected chi connectivity index (χ0v) is 17.7. The number of benzene rings is 2. The van der Waals surface area contributed by atoms with E-state index in [1.165, 1.54) is 4.90 Å². The summed E-state index contributed by atoms with van der Waals surface area (Å²) in [7, 11) is 0. The molecule has 29 heavy (non-hydrogen) atoms. The Bertz CT molecular complexity index is 999. The Kier molecular flexibility index (Phi) is 5.41. The van der Waals surface area contributed by atoms with Gasteiger partial charge in [-0.1, -0.05) is 25.3 Å². The summed E-state index contributed by atoms with van der Waals surface area (Å²) in [4.78, 5) is 39.4. The molecule has 0 unspecified atom stereocenters. The second-order valence-corrected chi connectivity index (χ2v) is 8.45. The summed E-state index contributed by atoms with van der Waals surface area (Å²) in [5.74, 6) is -0.487. The summed E-state index contributed by atoms with van der Waals surface area (Å²) < 4.78 is 0.783. The van der Waals surface area contributed by atoms with Crippen molar-refractivity contribution >= 4 is 45.2 Å². The number of fused-ring (bicyclic) bond motifs is 1. The van der Waals surface area contributed by atoms with Crippen molar-refractivity contribution in [2.75, 3.05) is 10.6 Å². The Hall–Kier alpha value is -2.67. The second kappa shape index (κ2) is 7.99. The van der Waals surface area contributed by atoms with E-state index in [0.717, 1.165) is 42.1 Å². The molecule has 4 amide bonds. The molecule has 1 fully saturated rings. The summed E-state index contributed by atoms with van der Waals surface area (Å²) >= 11 is 3.43. The minimum atomic E-state index is -0.421. The number of amides is 4. The molecule has 2 N–H and O–H groups in total. The number of nitrogens with zero attached hydrogens (tertiary/aromatic N) is 1. The number of carbonyl (C=O) groups excluding carboxylic acids is 3. The molecule has 0 bridgehead atoms. The quantitative estimate of drug-likeness (QED) is 0.613. The largest absolute Gasteiger partial charge is 0.323 e. The zero-order chi connectivity index (χ0) is 20.5. The van der Waals surface area contributed by atoms with Crippen molar-refractivity contribution in [3.63, 3.8) is 0 Å². The first-order valence-corrected chi connectivity index (χ1v) is 10.6. The fourth-order valence-electron chi connectivity index (χ4n) is 4.01. The van der Waals surface area contributed by atoms with Gasteiger partial charge in [0, 0.05) is 16.2 Å². The molecule has 0 saturated heterocycles. The standard InChI is InChI=1S/C22H22BrN3O3/c1-13-7-10-19(18(23)11-13)25-22(29)24-14-8-9-16-17(12-14)21(28)26(20(16)27)15-5-3-2-4-6-15/h7-12,15H,2-6H2,1H3,(H2,24,25,29). The summed E-state index contributed by atoms with van der Waals surface area (Å²) in [6, 6.07) is 10.0. The van der Waals surface area contributed by atoms with Crippen LogP contribution in [-0.2, 0) is 0 Å². The van der Waals surface area contributed by atoms with Gasteiger partial charge in [0.05, 0.1) is 16.8 Å². The van der Waals surface area contributed by atoms with Crippen LogP contribution >= 0.6 is 15.9 Å². The Morgan fingerprint density at radius 2 is 1.69 bits per heavy atom. The van der Waals surface area contributed by atoms with Crippen molar-refractivity contribution in [1.29, 1.82) is 0 Å². The first kappa shape index (κ1) is 19.6. The van der Waals surface area contributed by atoms with E-state index in [-0.39, 0.29) is 17.9 Å². The summed E-state index contributed by atoms with van der Waals surface area (Å²) in [6.07, 6.45) is 4.97. The number of hydrogen-bond donors (Lipinski definition) is 2. The summed E-state index contributed by atoms with van der Waals surface area (Å²) in [5, 5.41) is 5.51. The number of hydrogen-bond acceptors (Lipinski definition) is 3. The third-order valence-electron chi connectivity index (χ3n) is 5.49. The van der Waals surface area contributed by atoms with Gasteiger partial charge in [-0.3, -0.25) is 14.5 Å². The van der Waals surface area contributed by atoms with Crippen LogP contribution < -0.4 is 10.6 Å². The maximum absolute atomic E-state index is 12.9. The number of anilines is 2. The molecule has 7 heteroatoms. The molecule has 0 atom stereocenters. The van der Waals surface area contributed by atoms with Crippen LogP contribution in [0.3, 0.4) is 0 Å². The average molecular weight is 456 g/mol. The number of rotatable bonds is 3. The third-order valence-corrected chi connectivity index (χ3v) is 6.14. The van der Waals surface area contributed by atoms with Crippen molar-refractivity contribution < 1.29 is 14.4 Å². The van der Waals surface area contributed by atoms with Crippen LogP contribution in [-0.4, -0.2) is 28.8 Å². The van der Waals surface area contributed by atoms with Gasteiger partial charge in [0.15, 0.2) is 0 Å². The Labute approximate surface area is 177 Å². The van der Waals surface area contributed by atoms with Crippen molar-refractivity contribution in [2.45, 2.75) is 45.1 Å². The van der Waals surface area contributed by atoms with E-state index in [0.29, 0.717) is 22.5 Å². The molecule has 2 aromatic carbocycles. The van der Waals surface area contributed by atoms with E-state index in [1.54, 1.807) is 18.2 Å². The summed E-state index contributed by atoms with van der Waals surface area (Å²) in [6.45, 7) is 1.97. The van der Waals surface area contributed by atoms with Crippen LogP contribution in [0.2, 0.25) is 0 Å². The minimum Gasteiger partial charge on any atom is -0.308 e. The van der Waals surface area contributed by atoms with E-state index in [9.17, 15) is 14.4 Å². The predicted molar refractivity (Wildman–Crippen MR) is 115 cm³/mol. The van der Waals surface area contributed by atoms with Gasteiger partial charge in [0.2, 0.25) is 0 Å². The molecular weight excluding hydrogens is 434 g/mol. The Balaban J connectivity index is 1.49. The van der Waals surface area contributed by atoms with Crippen molar-refractivity contribution in [3.8, 4) is 0 Å². The number of nitrogens with one attached hydrogen (secondary N) is 2. The molecule has 6 nitrogen and oxygen atoms in total. The van der Waals surface area contributed by atoms with Crippen LogP contribution in [0.25, 0.3) is 0 Å². The monoisotopic (exact) mass is 455 g/mol. The van der Waals surface area contributed by atoms with Crippen LogP contribution in [0, 0.1) is 6.92 Å². The fourth-order valence-corrected chi connectivity index (χ4v) is 4.61. The number of urea groups is 1. The van der Waals surface area contributed by atoms with Gasteiger partial charge >= 0.3 is 6.03 Å². The van der Waals surface area contributed by atoms with Crippen LogP contribution in [0.4, 0.5) is 16.2 Å². The normalized spacial score (nSPS) is 16.7. The maximum Gasteiger partial charge on any atom is 0.323 e. The van der Waals surface area contributed by atoms with Gasteiger partial charge in [0.25, 0.3) is 11.8 Å². The first-order valence-electron chi connectivity index (χ1n) is 9.80. The molecule has 150 valence electrons. The lowest BCUT2D eigenvalue weighted by atomic mass is 9.94. The highest BCUT2D eigenvalue weighted by molar-refractivity contribution is 9.10. The molecule has 1 aliphatic carbocycles. The molecule has 2 aromatic rings. The van der Waals surface area contributed by atoms with Crippen LogP contribution in [0.1, 0.15) is 58.4 Å². The number of aryl methyl sites for hydroxylation is 1.